The number of nitrogens with zero attached hydrogens (tertiary/aromatic N) is 1. The molecule has 9 heavy (non-hydrogen) atoms. The molecule has 0 heterocycles. The molecule has 0 radical (unpaired) electrons. The van der Waals surface area contributed by atoms with Crippen LogP contribution in [0, 0.1) is 0 Å². The average Bonchev–Trinajstić information content (AvgIpc) is 1.64. The van der Waals surface area contributed by atoms with Gasteiger partial charge in [0.1, 0.15) is 0 Å². The molecular weight excluding hydrogens is 213 g/mol. The minimum atomic E-state index is -1.03. The first-order valence-corrected chi connectivity index (χ1v) is 12.3. The summed E-state index contributed by atoms with van der Waals surface area (Å²) < 4.78 is 5.93. The summed E-state index contributed by atoms with van der Waals surface area (Å²) >= 11 is -1.03. The van der Waals surface area contributed by atoms with Crippen LogP contribution in [0.2, 0.25) is 9.36 Å². The predicted octanol–water partition coefficient (Wildman–Crippen LogP) is 1.62. The first-order valence-electron chi connectivity index (χ1n) is 3.76. The van der Waals surface area contributed by atoms with Gasteiger partial charge in [0.05, 0.1) is 0 Å². The first kappa shape index (κ1) is 9.83. The van der Waals surface area contributed by atoms with E-state index in [4.69, 9.17) is 0 Å². The van der Waals surface area contributed by atoms with Crippen molar-refractivity contribution in [3.05, 3.63) is 0 Å². The Labute approximate surface area is 67.0 Å². The molecule has 0 aromatic heterocycles. The van der Waals surface area contributed by atoms with Gasteiger partial charge in [-0.15, -0.1) is 0 Å². The fourth-order valence-electron chi connectivity index (χ4n) is 1.43. The van der Waals surface area contributed by atoms with Crippen molar-refractivity contribution in [1.29, 1.82) is 0 Å². The molecule has 1 nitrogen and oxygen atoms in total. The Hall–Kier alpha value is 0.830. The Morgan fingerprint density at radius 1 is 1.33 bits per heavy atom. The molecule has 0 aliphatic carbocycles. The molecule has 0 fully saturated rings. The normalized spacial score (nSPS) is 14.0. The summed E-state index contributed by atoms with van der Waals surface area (Å²) in [5.41, 5.74) is 0. The summed E-state index contributed by atoms with van der Waals surface area (Å²) in [6, 6.07) is 0. The third kappa shape index (κ3) is 3.51. The van der Waals surface area contributed by atoms with Crippen LogP contribution in [0.3, 0.4) is 0 Å². The molecule has 0 N–H and O–H groups in total. The zero-order valence-electron chi connectivity index (χ0n) is 7.31. The van der Waals surface area contributed by atoms with Gasteiger partial charge in [-0.3, -0.25) is 0 Å². The Balaban J connectivity index is 3.68. The fourth-order valence-corrected chi connectivity index (χ4v) is 7.53. The molecule has 0 saturated heterocycles. The van der Waals surface area contributed by atoms with E-state index in [1.807, 2.05) is 0 Å². The van der Waals surface area contributed by atoms with Crippen LogP contribution in [0.4, 0.5) is 0 Å². The van der Waals surface area contributed by atoms with Crippen LogP contribution in [0.1, 0.15) is 13.3 Å². The quantitative estimate of drug-likeness (QED) is 0.713. The molecule has 0 aliphatic rings. The molecule has 0 bridgehead atoms. The fraction of sp³-hybridized carbons (Fsp3) is 1.00. The summed E-state index contributed by atoms with van der Waals surface area (Å²) in [6.45, 7) is 2.29. The zero-order valence-corrected chi connectivity index (χ0v) is 10.6. The van der Waals surface area contributed by atoms with Gasteiger partial charge in [-0.1, -0.05) is 0 Å². The second kappa shape index (κ2) is 4.62. The summed E-state index contributed by atoms with van der Waals surface area (Å²) in [7, 11) is 4.40. The van der Waals surface area contributed by atoms with Crippen LogP contribution < -0.4 is 0 Å². The molecule has 1 atom stereocenters. The molecular formula is C7H18InN. The van der Waals surface area contributed by atoms with Gasteiger partial charge in [-0.2, -0.15) is 0 Å². The van der Waals surface area contributed by atoms with Crippen molar-refractivity contribution < 1.29 is 0 Å². The van der Waals surface area contributed by atoms with Crippen molar-refractivity contribution in [1.82, 2.24) is 4.90 Å². The monoisotopic (exact) mass is 231 g/mol. The summed E-state index contributed by atoms with van der Waals surface area (Å²) in [5, 5.41) is 0. The van der Waals surface area contributed by atoms with Crippen molar-refractivity contribution in [3.63, 3.8) is 0 Å². The van der Waals surface area contributed by atoms with E-state index in [1.165, 1.54) is 6.42 Å². The van der Waals surface area contributed by atoms with E-state index in [2.05, 4.69) is 35.3 Å². The van der Waals surface area contributed by atoms with Gasteiger partial charge < -0.3 is 0 Å². The van der Waals surface area contributed by atoms with Gasteiger partial charge in [-0.25, -0.2) is 0 Å². The maximum absolute atomic E-state index is 2.48. The van der Waals surface area contributed by atoms with E-state index in [1.54, 1.807) is 0 Å². The third-order valence-electron chi connectivity index (χ3n) is 1.85. The van der Waals surface area contributed by atoms with Crippen molar-refractivity contribution in [3.8, 4) is 0 Å². The van der Waals surface area contributed by atoms with E-state index >= 15 is 0 Å². The molecule has 1 unspecified atom stereocenters. The van der Waals surface area contributed by atoms with Gasteiger partial charge in [-0.05, 0) is 0 Å². The van der Waals surface area contributed by atoms with Crippen LogP contribution in [0.5, 0.6) is 0 Å². The van der Waals surface area contributed by atoms with Crippen LogP contribution in [-0.4, -0.2) is 44.2 Å². The van der Waals surface area contributed by atoms with Gasteiger partial charge in [0.15, 0.2) is 0 Å². The molecule has 54 valence electrons. The van der Waals surface area contributed by atoms with Gasteiger partial charge in [0.2, 0.25) is 0 Å². The Bertz CT molecular complexity index is 63.3. The van der Waals surface area contributed by atoms with E-state index < -0.39 is 21.4 Å². The van der Waals surface area contributed by atoms with E-state index in [0.29, 0.717) is 0 Å². The molecule has 0 aliphatic heterocycles. The van der Waals surface area contributed by atoms with E-state index in [0.717, 1.165) is 3.80 Å². The van der Waals surface area contributed by atoms with Gasteiger partial charge in [0.25, 0.3) is 0 Å². The second-order valence-electron chi connectivity index (χ2n) is 3.18. The molecule has 0 saturated carbocycles. The molecule has 0 rings (SSSR count). The predicted molar refractivity (Wildman–Crippen MR) is 45.2 cm³/mol. The van der Waals surface area contributed by atoms with E-state index in [-0.39, 0.29) is 0 Å². The first-order chi connectivity index (χ1) is 4.09. The Morgan fingerprint density at radius 2 is 1.78 bits per heavy atom. The van der Waals surface area contributed by atoms with Gasteiger partial charge >= 0.3 is 66.9 Å². The minimum absolute atomic E-state index is 0.965. The zero-order chi connectivity index (χ0) is 7.44. The van der Waals surface area contributed by atoms with Crippen LogP contribution in [0.15, 0.2) is 0 Å². The third-order valence-corrected chi connectivity index (χ3v) is 9.29. The second-order valence-corrected chi connectivity index (χ2v) is 12.5. The molecule has 0 aromatic carbocycles. The summed E-state index contributed by atoms with van der Waals surface area (Å²) in [4.78, 5) is 2.39. The molecule has 0 amide bonds. The Morgan fingerprint density at radius 3 is 1.78 bits per heavy atom. The van der Waals surface area contributed by atoms with Crippen molar-refractivity contribution in [2.45, 2.75) is 26.5 Å². The van der Waals surface area contributed by atoms with E-state index in [9.17, 15) is 0 Å². The Kier molecular flexibility index (Phi) is 5.04. The van der Waals surface area contributed by atoms with Crippen LogP contribution in [0.25, 0.3) is 0 Å². The van der Waals surface area contributed by atoms with Gasteiger partial charge in [0, 0.05) is 0 Å². The maximum atomic E-state index is 2.48. The van der Waals surface area contributed by atoms with Crippen LogP contribution in [-0.2, 0) is 0 Å². The number of hydrogen-bond acceptors (Lipinski definition) is 1. The molecule has 0 spiro atoms. The topological polar surface area (TPSA) is 3.24 Å². The van der Waals surface area contributed by atoms with Crippen molar-refractivity contribution >= 4 is 21.4 Å². The van der Waals surface area contributed by atoms with Crippen molar-refractivity contribution in [2.75, 3.05) is 14.1 Å². The SMILES string of the molecule is CC[CH](N(C)C)[In]([CH3])[CH3]. The van der Waals surface area contributed by atoms with Crippen molar-refractivity contribution in [2.24, 2.45) is 0 Å². The summed E-state index contributed by atoms with van der Waals surface area (Å²) in [6.07, 6.45) is 1.35. The molecule has 0 aromatic rings. The standard InChI is InChI=1S/C5H12N.2CH3.In/c1-4-5-6(2)3;;;/h5H,4H2,1-3H3;2*1H3;. The van der Waals surface area contributed by atoms with Crippen LogP contribution >= 0.6 is 0 Å². The molecule has 2 heteroatoms. The average molecular weight is 231 g/mol. The summed E-state index contributed by atoms with van der Waals surface area (Å²) in [5.74, 6) is 0. The number of hydrogen-bond donors (Lipinski definition) is 0. The number of rotatable bonds is 3.